The first kappa shape index (κ1) is 14.9. The number of nitrogens with zero attached hydrogens (tertiary/aromatic N) is 2. The van der Waals surface area contributed by atoms with E-state index in [9.17, 15) is 12.8 Å². The zero-order chi connectivity index (χ0) is 14.8. The highest BCUT2D eigenvalue weighted by molar-refractivity contribution is 7.89. The fourth-order valence-corrected chi connectivity index (χ4v) is 3.46. The lowest BCUT2D eigenvalue weighted by Gasteiger charge is -2.23. The molecule has 2 N–H and O–H groups in total. The number of hydrogen-bond donors (Lipinski definition) is 1. The van der Waals surface area contributed by atoms with Crippen LogP contribution in [0.3, 0.4) is 0 Å². The summed E-state index contributed by atoms with van der Waals surface area (Å²) in [6.07, 6.45) is 1.59. The van der Waals surface area contributed by atoms with Gasteiger partial charge in [-0.25, -0.2) is 17.9 Å². The van der Waals surface area contributed by atoms with E-state index in [-0.39, 0.29) is 17.6 Å². The monoisotopic (exact) mass is 297 g/mol. The predicted octanol–water partition coefficient (Wildman–Crippen LogP) is 0.950. The summed E-state index contributed by atoms with van der Waals surface area (Å²) in [4.78, 5) is 1.91. The Bertz CT molecular complexity index is 640. The van der Waals surface area contributed by atoms with Crippen LogP contribution in [0.1, 0.15) is 24.0 Å². The number of benzene rings is 1. The Morgan fingerprint density at radius 1 is 1.50 bits per heavy atom. The topological polar surface area (TPSA) is 87.2 Å². The highest BCUT2D eigenvalue weighted by atomic mass is 32.2. The van der Waals surface area contributed by atoms with Crippen molar-refractivity contribution in [3.05, 3.63) is 35.1 Å². The first-order valence-electron chi connectivity index (χ1n) is 6.32. The number of sulfonamides is 1. The standard InChI is InChI=1S/C13H16FN3O2S/c14-13-4-3-10(7-15)6-11(13)8-17-5-1-2-12(17)9-20(16,18)19/h3-4,6,12H,1-2,5,8-9H2,(H2,16,18,19)/t12-/m1/s1. The molecule has 1 aliphatic heterocycles. The largest absolute Gasteiger partial charge is 0.295 e. The molecule has 1 atom stereocenters. The molecule has 1 saturated heterocycles. The van der Waals surface area contributed by atoms with Crippen molar-refractivity contribution in [3.63, 3.8) is 0 Å². The van der Waals surface area contributed by atoms with E-state index < -0.39 is 10.0 Å². The maximum absolute atomic E-state index is 13.7. The Balaban J connectivity index is 2.15. The molecule has 1 fully saturated rings. The summed E-state index contributed by atoms with van der Waals surface area (Å²) in [5, 5.41) is 13.9. The number of hydrogen-bond acceptors (Lipinski definition) is 4. The first-order chi connectivity index (χ1) is 9.39. The van der Waals surface area contributed by atoms with Crippen molar-refractivity contribution in [3.8, 4) is 6.07 Å². The van der Waals surface area contributed by atoms with Gasteiger partial charge in [-0.1, -0.05) is 0 Å². The minimum atomic E-state index is -3.54. The third kappa shape index (κ3) is 3.76. The van der Waals surface area contributed by atoms with Gasteiger partial charge in [0.2, 0.25) is 10.0 Å². The molecule has 0 spiro atoms. The number of rotatable bonds is 4. The van der Waals surface area contributed by atoms with Crippen LogP contribution in [0.25, 0.3) is 0 Å². The van der Waals surface area contributed by atoms with E-state index in [1.54, 1.807) is 0 Å². The van der Waals surface area contributed by atoms with Crippen LogP contribution in [-0.4, -0.2) is 31.7 Å². The second-order valence-electron chi connectivity index (χ2n) is 5.01. The van der Waals surface area contributed by atoms with Gasteiger partial charge >= 0.3 is 0 Å². The minimum Gasteiger partial charge on any atom is -0.295 e. The molecule has 0 aliphatic carbocycles. The summed E-state index contributed by atoms with van der Waals surface area (Å²) in [7, 11) is -3.54. The van der Waals surface area contributed by atoms with Crippen LogP contribution in [0.15, 0.2) is 18.2 Å². The van der Waals surface area contributed by atoms with Crippen molar-refractivity contribution >= 4 is 10.0 Å². The van der Waals surface area contributed by atoms with E-state index in [1.165, 1.54) is 18.2 Å². The van der Waals surface area contributed by atoms with Crippen molar-refractivity contribution in [2.75, 3.05) is 12.3 Å². The highest BCUT2D eigenvalue weighted by Gasteiger charge is 2.28. The molecular weight excluding hydrogens is 281 g/mol. The molecule has 0 saturated carbocycles. The lowest BCUT2D eigenvalue weighted by molar-refractivity contribution is 0.258. The summed E-state index contributed by atoms with van der Waals surface area (Å²) in [5.41, 5.74) is 0.800. The maximum Gasteiger partial charge on any atom is 0.210 e. The van der Waals surface area contributed by atoms with Crippen molar-refractivity contribution in [1.29, 1.82) is 5.26 Å². The number of primary sulfonamides is 1. The molecule has 0 bridgehead atoms. The van der Waals surface area contributed by atoms with Gasteiger partial charge in [0.25, 0.3) is 0 Å². The normalized spacial score (nSPS) is 19.9. The van der Waals surface area contributed by atoms with Crippen LogP contribution in [-0.2, 0) is 16.6 Å². The molecule has 0 unspecified atom stereocenters. The molecule has 0 radical (unpaired) electrons. The van der Waals surface area contributed by atoms with Gasteiger partial charge in [-0.2, -0.15) is 5.26 Å². The maximum atomic E-state index is 13.7. The second-order valence-corrected chi connectivity index (χ2v) is 6.67. The van der Waals surface area contributed by atoms with Crippen molar-refractivity contribution in [2.45, 2.75) is 25.4 Å². The van der Waals surface area contributed by atoms with Gasteiger partial charge in [0.1, 0.15) is 5.82 Å². The lowest BCUT2D eigenvalue weighted by Crippen LogP contribution is -2.37. The predicted molar refractivity (Wildman–Crippen MR) is 72.5 cm³/mol. The van der Waals surface area contributed by atoms with Gasteiger partial charge in [-0.15, -0.1) is 0 Å². The fourth-order valence-electron chi connectivity index (χ4n) is 2.54. The smallest absolute Gasteiger partial charge is 0.210 e. The van der Waals surface area contributed by atoms with E-state index in [2.05, 4.69) is 0 Å². The number of nitriles is 1. The molecule has 1 aromatic rings. The Hall–Kier alpha value is -1.49. The van der Waals surface area contributed by atoms with Crippen LogP contribution >= 0.6 is 0 Å². The molecule has 1 aliphatic rings. The van der Waals surface area contributed by atoms with E-state index >= 15 is 0 Å². The van der Waals surface area contributed by atoms with Crippen LogP contribution in [0.4, 0.5) is 4.39 Å². The molecule has 7 heteroatoms. The Labute approximate surface area is 117 Å². The first-order valence-corrected chi connectivity index (χ1v) is 8.03. The zero-order valence-corrected chi connectivity index (χ0v) is 11.7. The molecule has 1 heterocycles. The van der Waals surface area contributed by atoms with Gasteiger partial charge in [-0.05, 0) is 37.6 Å². The molecule has 20 heavy (non-hydrogen) atoms. The van der Waals surface area contributed by atoms with Crippen LogP contribution in [0.5, 0.6) is 0 Å². The number of halogens is 1. The fraction of sp³-hybridized carbons (Fsp3) is 0.462. The van der Waals surface area contributed by atoms with Crippen LogP contribution in [0, 0.1) is 17.1 Å². The third-order valence-electron chi connectivity index (χ3n) is 3.47. The van der Waals surface area contributed by atoms with Crippen LogP contribution < -0.4 is 5.14 Å². The number of nitrogens with two attached hydrogens (primary N) is 1. The Morgan fingerprint density at radius 3 is 2.90 bits per heavy atom. The summed E-state index contributed by atoms with van der Waals surface area (Å²) in [6, 6.07) is 5.97. The van der Waals surface area contributed by atoms with E-state index in [0.29, 0.717) is 24.2 Å². The van der Waals surface area contributed by atoms with Crippen molar-refractivity contribution < 1.29 is 12.8 Å². The summed E-state index contributed by atoms with van der Waals surface area (Å²) < 4.78 is 36.1. The highest BCUT2D eigenvalue weighted by Crippen LogP contribution is 2.22. The Kier molecular flexibility index (Phi) is 4.38. The molecule has 0 aromatic heterocycles. The lowest BCUT2D eigenvalue weighted by atomic mass is 10.1. The quantitative estimate of drug-likeness (QED) is 0.896. The van der Waals surface area contributed by atoms with Gasteiger partial charge in [0.05, 0.1) is 17.4 Å². The van der Waals surface area contributed by atoms with E-state index in [4.69, 9.17) is 10.4 Å². The summed E-state index contributed by atoms with van der Waals surface area (Å²) >= 11 is 0. The van der Waals surface area contributed by atoms with Gasteiger partial charge < -0.3 is 0 Å². The average molecular weight is 297 g/mol. The van der Waals surface area contributed by atoms with Crippen LogP contribution in [0.2, 0.25) is 0 Å². The second kappa shape index (κ2) is 5.87. The Morgan fingerprint density at radius 2 is 2.25 bits per heavy atom. The minimum absolute atomic E-state index is 0.118. The molecule has 1 aromatic carbocycles. The van der Waals surface area contributed by atoms with Gasteiger partial charge in [-0.3, -0.25) is 4.90 Å². The SMILES string of the molecule is N#Cc1ccc(F)c(CN2CCC[C@@H]2CS(N)(=O)=O)c1. The molecule has 0 amide bonds. The molecule has 2 rings (SSSR count). The third-order valence-corrected chi connectivity index (χ3v) is 4.32. The number of likely N-dealkylation sites (tertiary alicyclic amines) is 1. The molecule has 5 nitrogen and oxygen atoms in total. The van der Waals surface area contributed by atoms with Crippen molar-refractivity contribution in [1.82, 2.24) is 4.90 Å². The van der Waals surface area contributed by atoms with Gasteiger partial charge in [0, 0.05) is 18.2 Å². The van der Waals surface area contributed by atoms with E-state index in [0.717, 1.165) is 12.8 Å². The van der Waals surface area contributed by atoms with Gasteiger partial charge in [0.15, 0.2) is 0 Å². The molecule has 108 valence electrons. The zero-order valence-electron chi connectivity index (χ0n) is 10.9. The summed E-state index contributed by atoms with van der Waals surface area (Å²) in [6.45, 7) is 0.998. The molecular formula is C13H16FN3O2S. The average Bonchev–Trinajstić information content (AvgIpc) is 2.77. The van der Waals surface area contributed by atoms with E-state index in [1.807, 2.05) is 11.0 Å². The van der Waals surface area contributed by atoms with Crippen molar-refractivity contribution in [2.24, 2.45) is 5.14 Å². The summed E-state index contributed by atoms with van der Waals surface area (Å²) in [5.74, 6) is -0.503.